The number of aliphatic hydroxyl groups excluding tert-OH is 2. The number of benzene rings is 1. The molecule has 0 saturated carbocycles. The van der Waals surface area contributed by atoms with Gasteiger partial charge in [-0.2, -0.15) is 0 Å². The van der Waals surface area contributed by atoms with Crippen LogP contribution in [0.2, 0.25) is 0 Å². The Morgan fingerprint density at radius 3 is 2.50 bits per heavy atom. The summed E-state index contributed by atoms with van der Waals surface area (Å²) in [5.74, 6) is 0. The lowest BCUT2D eigenvalue weighted by Crippen LogP contribution is -2.45. The van der Waals surface area contributed by atoms with Gasteiger partial charge in [-0.1, -0.05) is 22.9 Å². The van der Waals surface area contributed by atoms with Gasteiger partial charge in [-0.15, -0.1) is 0 Å². The smallest absolute Gasteiger partial charge is 0.293 e. The molecule has 1 aromatic rings. The molecule has 0 aliphatic rings. The van der Waals surface area contributed by atoms with Gasteiger partial charge in [-0.25, -0.2) is 0 Å². The first-order chi connectivity index (χ1) is 8.48. The van der Waals surface area contributed by atoms with Gasteiger partial charge in [0.15, 0.2) is 0 Å². The summed E-state index contributed by atoms with van der Waals surface area (Å²) in [5, 5.41) is 32.4. The second-order valence-corrected chi connectivity index (χ2v) is 4.91. The highest BCUT2D eigenvalue weighted by Gasteiger charge is 2.29. The molecule has 7 heteroatoms. The molecule has 100 valence electrons. The van der Waals surface area contributed by atoms with E-state index in [2.05, 4.69) is 21.2 Å². The molecule has 0 heterocycles. The lowest BCUT2D eigenvalue weighted by molar-refractivity contribution is -0.384. The zero-order valence-corrected chi connectivity index (χ0v) is 11.5. The van der Waals surface area contributed by atoms with Crippen molar-refractivity contribution in [3.63, 3.8) is 0 Å². The molecule has 0 saturated heterocycles. The summed E-state index contributed by atoms with van der Waals surface area (Å²) >= 11 is 3.16. The summed E-state index contributed by atoms with van der Waals surface area (Å²) in [6, 6.07) is 4.57. The largest absolute Gasteiger partial charge is 0.394 e. The van der Waals surface area contributed by atoms with Crippen molar-refractivity contribution in [3.05, 3.63) is 32.8 Å². The Bertz CT molecular complexity index is 427. The fraction of sp³-hybridized carbons (Fsp3) is 0.455. The van der Waals surface area contributed by atoms with Crippen LogP contribution in [0, 0.1) is 10.1 Å². The highest BCUT2D eigenvalue weighted by molar-refractivity contribution is 9.10. The molecule has 0 unspecified atom stereocenters. The number of hydrogen-bond acceptors (Lipinski definition) is 5. The second kappa shape index (κ2) is 6.12. The van der Waals surface area contributed by atoms with Crippen LogP contribution in [0.25, 0.3) is 0 Å². The molecule has 1 rings (SSSR count). The van der Waals surface area contributed by atoms with Crippen molar-refractivity contribution in [2.75, 3.05) is 18.5 Å². The molecule has 0 fully saturated rings. The number of nitrogens with zero attached hydrogens (tertiary/aromatic N) is 1. The molecule has 0 aliphatic heterocycles. The van der Waals surface area contributed by atoms with Gasteiger partial charge in [0.1, 0.15) is 5.69 Å². The fourth-order valence-corrected chi connectivity index (χ4v) is 1.84. The molecule has 6 nitrogen and oxygen atoms in total. The summed E-state index contributed by atoms with van der Waals surface area (Å²) in [7, 11) is 0. The molecule has 0 aromatic heterocycles. The maximum absolute atomic E-state index is 10.9. The Balaban J connectivity index is 3.13. The highest BCUT2D eigenvalue weighted by atomic mass is 79.9. The second-order valence-electron chi connectivity index (χ2n) is 3.99. The van der Waals surface area contributed by atoms with Crippen LogP contribution in [0.5, 0.6) is 0 Å². The van der Waals surface area contributed by atoms with Gasteiger partial charge in [0.25, 0.3) is 5.69 Å². The van der Waals surface area contributed by atoms with Crippen molar-refractivity contribution in [2.45, 2.75) is 18.9 Å². The van der Waals surface area contributed by atoms with Gasteiger partial charge in [0.2, 0.25) is 0 Å². The number of anilines is 1. The highest BCUT2D eigenvalue weighted by Crippen LogP contribution is 2.30. The van der Waals surface area contributed by atoms with Crippen LogP contribution >= 0.6 is 15.9 Å². The number of hydrogen-bond donors (Lipinski definition) is 3. The number of nitro benzene ring substituents is 1. The average Bonchev–Trinajstić information content (AvgIpc) is 2.37. The van der Waals surface area contributed by atoms with Crippen molar-refractivity contribution in [1.29, 1.82) is 0 Å². The minimum absolute atomic E-state index is 0.107. The van der Waals surface area contributed by atoms with E-state index < -0.39 is 10.5 Å². The number of nitro groups is 1. The number of rotatable bonds is 6. The SMILES string of the molecule is CCC(CO)(CO)Nc1ccc(Br)cc1[N+](=O)[O-]. The van der Waals surface area contributed by atoms with Crippen LogP contribution in [0.1, 0.15) is 13.3 Å². The third-order valence-electron chi connectivity index (χ3n) is 2.84. The van der Waals surface area contributed by atoms with Gasteiger partial charge < -0.3 is 15.5 Å². The van der Waals surface area contributed by atoms with Crippen LogP contribution < -0.4 is 5.32 Å². The maximum Gasteiger partial charge on any atom is 0.293 e. The van der Waals surface area contributed by atoms with Crippen LogP contribution in [-0.2, 0) is 0 Å². The lowest BCUT2D eigenvalue weighted by atomic mass is 9.98. The number of aliphatic hydroxyl groups is 2. The minimum Gasteiger partial charge on any atom is -0.394 e. The molecule has 0 radical (unpaired) electrons. The predicted octanol–water partition coefficient (Wildman–Crippen LogP) is 1.90. The Kier molecular flexibility index (Phi) is 5.06. The summed E-state index contributed by atoms with van der Waals surface area (Å²) < 4.78 is 0.592. The van der Waals surface area contributed by atoms with Crippen molar-refractivity contribution in [1.82, 2.24) is 0 Å². The van der Waals surface area contributed by atoms with E-state index in [9.17, 15) is 20.3 Å². The fourth-order valence-electron chi connectivity index (χ4n) is 1.49. The van der Waals surface area contributed by atoms with Crippen LogP contribution in [0.4, 0.5) is 11.4 Å². The van der Waals surface area contributed by atoms with Crippen molar-refractivity contribution in [2.24, 2.45) is 0 Å². The van der Waals surface area contributed by atoms with Crippen molar-refractivity contribution in [3.8, 4) is 0 Å². The van der Waals surface area contributed by atoms with E-state index >= 15 is 0 Å². The normalized spacial score (nSPS) is 11.3. The summed E-state index contributed by atoms with van der Waals surface area (Å²) in [5.41, 5.74) is -0.796. The Labute approximate surface area is 113 Å². The minimum atomic E-state index is -0.960. The summed E-state index contributed by atoms with van der Waals surface area (Å²) in [4.78, 5) is 10.4. The zero-order chi connectivity index (χ0) is 13.8. The van der Waals surface area contributed by atoms with Crippen LogP contribution in [-0.4, -0.2) is 33.9 Å². The Morgan fingerprint density at radius 1 is 1.44 bits per heavy atom. The first kappa shape index (κ1) is 14.9. The zero-order valence-electron chi connectivity index (χ0n) is 9.89. The molecule has 0 atom stereocenters. The molecule has 0 spiro atoms. The first-order valence-electron chi connectivity index (χ1n) is 5.42. The quantitative estimate of drug-likeness (QED) is 0.550. The number of nitrogens with one attached hydrogen (secondary N) is 1. The lowest BCUT2D eigenvalue weighted by Gasteiger charge is -2.30. The van der Waals surface area contributed by atoms with Crippen molar-refractivity contribution < 1.29 is 15.1 Å². The Morgan fingerprint density at radius 2 is 2.06 bits per heavy atom. The molecule has 0 bridgehead atoms. The van der Waals surface area contributed by atoms with E-state index in [0.717, 1.165) is 0 Å². The van der Waals surface area contributed by atoms with E-state index in [0.29, 0.717) is 10.9 Å². The molecule has 18 heavy (non-hydrogen) atoms. The summed E-state index contributed by atoms with van der Waals surface area (Å²) in [6.07, 6.45) is 0.438. The van der Waals surface area contributed by atoms with Crippen molar-refractivity contribution >= 4 is 27.3 Å². The number of halogens is 1. The molecule has 1 aromatic carbocycles. The third kappa shape index (κ3) is 3.18. The van der Waals surface area contributed by atoms with Gasteiger partial charge in [0, 0.05) is 10.5 Å². The van der Waals surface area contributed by atoms with Gasteiger partial charge in [0.05, 0.1) is 23.7 Å². The van der Waals surface area contributed by atoms with E-state index in [1.807, 2.05) is 0 Å². The van der Waals surface area contributed by atoms with Crippen LogP contribution in [0.15, 0.2) is 22.7 Å². The van der Waals surface area contributed by atoms with E-state index in [1.54, 1.807) is 13.0 Å². The molecular weight excluding hydrogens is 304 g/mol. The average molecular weight is 319 g/mol. The van der Waals surface area contributed by atoms with Gasteiger partial charge in [-0.05, 0) is 18.6 Å². The topological polar surface area (TPSA) is 95.6 Å². The maximum atomic E-state index is 10.9. The predicted molar refractivity (Wildman–Crippen MR) is 71.6 cm³/mol. The molecule has 3 N–H and O–H groups in total. The molecule has 0 aliphatic carbocycles. The van der Waals surface area contributed by atoms with Gasteiger partial charge in [-0.3, -0.25) is 10.1 Å². The molecule has 0 amide bonds. The van der Waals surface area contributed by atoms with Gasteiger partial charge >= 0.3 is 0 Å². The Hall–Kier alpha value is -1.18. The molecular formula is C11H15BrN2O4. The summed E-state index contributed by atoms with van der Waals surface area (Å²) in [6.45, 7) is 1.16. The standard InChI is InChI=1S/C11H15BrN2O4/c1-2-11(6-15,7-16)13-9-4-3-8(12)5-10(9)14(17)18/h3-5,13,15-16H,2,6-7H2,1H3. The van der Waals surface area contributed by atoms with E-state index in [4.69, 9.17) is 0 Å². The third-order valence-corrected chi connectivity index (χ3v) is 3.33. The monoisotopic (exact) mass is 318 g/mol. The van der Waals surface area contributed by atoms with E-state index in [-0.39, 0.29) is 24.6 Å². The van der Waals surface area contributed by atoms with Crippen LogP contribution in [0.3, 0.4) is 0 Å². The van der Waals surface area contributed by atoms with E-state index in [1.165, 1.54) is 12.1 Å². The first-order valence-corrected chi connectivity index (χ1v) is 6.21.